The number of aryl methyl sites for hydroxylation is 1. The van der Waals surface area contributed by atoms with Gasteiger partial charge in [0, 0.05) is 0 Å². The summed E-state index contributed by atoms with van der Waals surface area (Å²) in [5, 5.41) is 2.27. The van der Waals surface area contributed by atoms with Crippen LogP contribution < -0.4 is 14.8 Å². The molecule has 0 aliphatic carbocycles. The predicted molar refractivity (Wildman–Crippen MR) is 103 cm³/mol. The minimum absolute atomic E-state index is 0.0934. The number of halogens is 3. The van der Waals surface area contributed by atoms with Gasteiger partial charge in [0.05, 0.1) is 30.7 Å². The number of alkyl halides is 3. The number of hydrogen-bond donors (Lipinski definition) is 2. The molecule has 2 atom stereocenters. The van der Waals surface area contributed by atoms with Crippen molar-refractivity contribution in [2.45, 2.75) is 27.7 Å². The zero-order valence-electron chi connectivity index (χ0n) is 14.2. The average molecular weight is 480 g/mol. The van der Waals surface area contributed by atoms with Gasteiger partial charge in [-0.25, -0.2) is 21.6 Å². The summed E-state index contributed by atoms with van der Waals surface area (Å²) in [5.41, 5.74) is 0.663. The molecule has 1 aliphatic rings. The minimum Gasteiger partial charge on any atom is -0.495 e. The summed E-state index contributed by atoms with van der Waals surface area (Å²) in [5.74, 6) is -1.95. The standard InChI is InChI=1S/C14H17Cl3N2O6S2/c1-8-3-4-11(25-2)12(5-8)27(23,24)19-10-7-26(21,22)6-9(10)18-13(20)14(15,16)17/h3-5,9-10,19H,6-7H2,1-2H3,(H,18,20)/t9-,10-/m0/s1. The summed E-state index contributed by atoms with van der Waals surface area (Å²) in [6.45, 7) is 1.70. The van der Waals surface area contributed by atoms with Crippen LogP contribution in [0.3, 0.4) is 0 Å². The topological polar surface area (TPSA) is 119 Å². The van der Waals surface area contributed by atoms with Crippen molar-refractivity contribution in [1.82, 2.24) is 10.0 Å². The normalized spacial score (nSPS) is 22.4. The van der Waals surface area contributed by atoms with Gasteiger partial charge in [-0.1, -0.05) is 40.9 Å². The second kappa shape index (κ2) is 7.92. The SMILES string of the molecule is COc1ccc(C)cc1S(=O)(=O)N[C@H]1CS(=O)(=O)C[C@@H]1NC(=O)C(Cl)(Cl)Cl. The first-order valence-electron chi connectivity index (χ1n) is 7.50. The molecule has 1 fully saturated rings. The Hall–Kier alpha value is -0.780. The first kappa shape index (κ1) is 22.5. The van der Waals surface area contributed by atoms with Crippen LogP contribution in [0.4, 0.5) is 0 Å². The molecule has 1 heterocycles. The summed E-state index contributed by atoms with van der Waals surface area (Å²) in [6.07, 6.45) is 0. The van der Waals surface area contributed by atoms with E-state index in [9.17, 15) is 21.6 Å². The van der Waals surface area contributed by atoms with Gasteiger partial charge in [-0.15, -0.1) is 0 Å². The van der Waals surface area contributed by atoms with Crippen LogP contribution in [0, 0.1) is 6.92 Å². The molecule has 13 heteroatoms. The largest absolute Gasteiger partial charge is 0.495 e. The molecule has 2 rings (SSSR count). The van der Waals surface area contributed by atoms with Crippen LogP contribution in [0.2, 0.25) is 0 Å². The van der Waals surface area contributed by atoms with Crippen molar-refractivity contribution >= 4 is 60.6 Å². The lowest BCUT2D eigenvalue weighted by Crippen LogP contribution is -2.53. The number of ether oxygens (including phenoxy) is 1. The van der Waals surface area contributed by atoms with E-state index in [4.69, 9.17) is 39.5 Å². The van der Waals surface area contributed by atoms with Crippen LogP contribution in [-0.4, -0.2) is 57.2 Å². The van der Waals surface area contributed by atoms with E-state index in [2.05, 4.69) is 10.0 Å². The third kappa shape index (κ3) is 5.61. The monoisotopic (exact) mass is 478 g/mol. The van der Waals surface area contributed by atoms with Gasteiger partial charge in [0.15, 0.2) is 9.84 Å². The van der Waals surface area contributed by atoms with E-state index < -0.39 is 53.1 Å². The fourth-order valence-electron chi connectivity index (χ4n) is 2.61. The molecule has 0 spiro atoms. The second-order valence-corrected chi connectivity index (χ2v) is 12.2. The zero-order chi connectivity index (χ0) is 20.6. The number of carbonyl (C=O) groups is 1. The van der Waals surface area contributed by atoms with Crippen molar-refractivity contribution in [3.63, 3.8) is 0 Å². The average Bonchev–Trinajstić information content (AvgIpc) is 2.79. The van der Waals surface area contributed by atoms with Crippen molar-refractivity contribution in [3.8, 4) is 5.75 Å². The fraction of sp³-hybridized carbons (Fsp3) is 0.500. The number of sulfonamides is 1. The van der Waals surface area contributed by atoms with Gasteiger partial charge in [-0.3, -0.25) is 4.79 Å². The lowest BCUT2D eigenvalue weighted by molar-refractivity contribution is -0.120. The third-order valence-corrected chi connectivity index (χ3v) is 7.60. The van der Waals surface area contributed by atoms with Crippen molar-refractivity contribution < 1.29 is 26.4 Å². The molecule has 2 N–H and O–H groups in total. The number of carbonyl (C=O) groups excluding carboxylic acids is 1. The fourth-order valence-corrected chi connectivity index (χ4v) is 6.27. The summed E-state index contributed by atoms with van der Waals surface area (Å²) in [6, 6.07) is 2.31. The van der Waals surface area contributed by atoms with Crippen molar-refractivity contribution in [1.29, 1.82) is 0 Å². The molecule has 1 amide bonds. The Morgan fingerprint density at radius 3 is 2.37 bits per heavy atom. The molecule has 152 valence electrons. The van der Waals surface area contributed by atoms with Crippen LogP contribution in [0.5, 0.6) is 5.75 Å². The van der Waals surface area contributed by atoms with Crippen molar-refractivity contribution in [3.05, 3.63) is 23.8 Å². The molecule has 0 bridgehead atoms. The highest BCUT2D eigenvalue weighted by Crippen LogP contribution is 2.28. The number of hydrogen-bond acceptors (Lipinski definition) is 6. The Morgan fingerprint density at radius 1 is 1.22 bits per heavy atom. The van der Waals surface area contributed by atoms with Crippen LogP contribution in [-0.2, 0) is 24.7 Å². The van der Waals surface area contributed by atoms with Crippen LogP contribution in [0.1, 0.15) is 5.56 Å². The highest BCUT2D eigenvalue weighted by atomic mass is 35.6. The van der Waals surface area contributed by atoms with E-state index in [0.29, 0.717) is 5.56 Å². The lowest BCUT2D eigenvalue weighted by atomic mass is 10.2. The molecule has 0 aromatic heterocycles. The molecular weight excluding hydrogens is 463 g/mol. The smallest absolute Gasteiger partial charge is 0.272 e. The van der Waals surface area contributed by atoms with E-state index in [0.717, 1.165) is 0 Å². The van der Waals surface area contributed by atoms with E-state index >= 15 is 0 Å². The molecule has 0 radical (unpaired) electrons. The van der Waals surface area contributed by atoms with Gasteiger partial charge < -0.3 is 10.1 Å². The van der Waals surface area contributed by atoms with E-state index in [1.54, 1.807) is 13.0 Å². The number of amides is 1. The highest BCUT2D eigenvalue weighted by Gasteiger charge is 2.43. The Morgan fingerprint density at radius 2 is 1.81 bits per heavy atom. The van der Waals surface area contributed by atoms with Gasteiger partial charge in [-0.05, 0) is 24.6 Å². The first-order valence-corrected chi connectivity index (χ1v) is 11.9. The summed E-state index contributed by atoms with van der Waals surface area (Å²) in [4.78, 5) is 11.7. The third-order valence-electron chi connectivity index (χ3n) is 3.84. The molecule has 1 saturated heterocycles. The molecule has 0 saturated carbocycles. The van der Waals surface area contributed by atoms with Gasteiger partial charge in [0.25, 0.3) is 9.70 Å². The summed E-state index contributed by atoms with van der Waals surface area (Å²) in [7, 11) is -6.46. The number of sulfone groups is 1. The molecule has 1 aliphatic heterocycles. The molecule has 1 aromatic rings. The van der Waals surface area contributed by atoms with Gasteiger partial charge in [0.2, 0.25) is 10.0 Å². The zero-order valence-corrected chi connectivity index (χ0v) is 18.1. The Bertz CT molecular complexity index is 944. The van der Waals surface area contributed by atoms with E-state index in [1.807, 2.05) is 0 Å². The summed E-state index contributed by atoms with van der Waals surface area (Å²) >= 11 is 16.4. The van der Waals surface area contributed by atoms with E-state index in [-0.39, 0.29) is 10.6 Å². The second-order valence-electron chi connectivity index (χ2n) is 6.04. The molecule has 27 heavy (non-hydrogen) atoms. The number of methoxy groups -OCH3 is 1. The number of nitrogens with one attached hydrogen (secondary N) is 2. The first-order chi connectivity index (χ1) is 12.2. The van der Waals surface area contributed by atoms with Gasteiger partial charge in [-0.2, -0.15) is 0 Å². The summed E-state index contributed by atoms with van der Waals surface area (Å²) < 4.78 is 54.6. The van der Waals surface area contributed by atoms with Crippen molar-refractivity contribution in [2.75, 3.05) is 18.6 Å². The number of benzene rings is 1. The maximum Gasteiger partial charge on any atom is 0.272 e. The Labute approximate surface area is 172 Å². The molecular formula is C14H17Cl3N2O6S2. The van der Waals surface area contributed by atoms with Crippen LogP contribution in [0.25, 0.3) is 0 Å². The highest BCUT2D eigenvalue weighted by molar-refractivity contribution is 7.92. The van der Waals surface area contributed by atoms with Crippen LogP contribution in [0.15, 0.2) is 23.1 Å². The maximum absolute atomic E-state index is 12.8. The number of rotatable bonds is 5. The molecule has 1 aromatic carbocycles. The van der Waals surface area contributed by atoms with Gasteiger partial charge in [0.1, 0.15) is 10.6 Å². The Kier molecular flexibility index (Phi) is 6.60. The van der Waals surface area contributed by atoms with Crippen molar-refractivity contribution in [2.24, 2.45) is 0 Å². The molecule has 8 nitrogen and oxygen atoms in total. The predicted octanol–water partition coefficient (Wildman–Crippen LogP) is 0.934. The van der Waals surface area contributed by atoms with Crippen LogP contribution >= 0.6 is 34.8 Å². The quantitative estimate of drug-likeness (QED) is 0.607. The maximum atomic E-state index is 12.8. The lowest BCUT2D eigenvalue weighted by Gasteiger charge is -2.23. The van der Waals surface area contributed by atoms with E-state index in [1.165, 1.54) is 19.2 Å². The minimum atomic E-state index is -4.15. The van der Waals surface area contributed by atoms with Gasteiger partial charge >= 0.3 is 0 Å². The molecule has 0 unspecified atom stereocenters. The Balaban J connectivity index is 2.32.